The van der Waals surface area contributed by atoms with Crippen LogP contribution in [-0.4, -0.2) is 18.7 Å². The van der Waals surface area contributed by atoms with Crippen molar-refractivity contribution in [1.29, 1.82) is 0 Å². The van der Waals surface area contributed by atoms with Gasteiger partial charge in [-0.2, -0.15) is 10.4 Å². The van der Waals surface area contributed by atoms with Crippen LogP contribution >= 0.6 is 0 Å². The van der Waals surface area contributed by atoms with Crippen molar-refractivity contribution in [1.82, 2.24) is 0 Å². The molecular weight excluding hydrogens is 264 g/mol. The van der Waals surface area contributed by atoms with E-state index in [4.69, 9.17) is 16.6 Å². The summed E-state index contributed by atoms with van der Waals surface area (Å²) in [6.45, 7) is 2.00. The number of benzene rings is 1. The maximum Gasteiger partial charge on any atom is 0.209 e. The number of rotatable bonds is 6. The van der Waals surface area contributed by atoms with Gasteiger partial charge in [0.25, 0.3) is 0 Å². The number of aromatic nitrogens is 1. The molecule has 1 heterocycles. The molecule has 0 bridgehead atoms. The lowest BCUT2D eigenvalue weighted by Gasteiger charge is -2.22. The van der Waals surface area contributed by atoms with Crippen LogP contribution in [-0.2, 0) is 24.5 Å². The van der Waals surface area contributed by atoms with Crippen LogP contribution in [0.15, 0.2) is 48.7 Å². The van der Waals surface area contributed by atoms with E-state index in [1.54, 1.807) is 0 Å². The van der Waals surface area contributed by atoms with Gasteiger partial charge in [0.15, 0.2) is 19.3 Å². The van der Waals surface area contributed by atoms with Gasteiger partial charge in [-0.1, -0.05) is 30.3 Å². The van der Waals surface area contributed by atoms with Gasteiger partial charge in [-0.3, -0.25) is 4.84 Å². The van der Waals surface area contributed by atoms with E-state index in [1.165, 1.54) is 11.1 Å². The first-order valence-electron chi connectivity index (χ1n) is 6.96. The topological polar surface area (TPSA) is 65.1 Å². The summed E-state index contributed by atoms with van der Waals surface area (Å²) < 4.78 is 2.57. The van der Waals surface area contributed by atoms with E-state index < -0.39 is 0 Å². The van der Waals surface area contributed by atoms with Crippen molar-refractivity contribution in [3.05, 3.63) is 65.5 Å². The standard InChI is InChI=1S/C16H24N4O/c1-20(2,17)12-15-8-6-14(7-9-15)11-19-10-4-3-5-16(19)13-21-18/h3-10H,11-13,17-18H2,1-2H3/q+2. The Morgan fingerprint density at radius 1 is 1.05 bits per heavy atom. The summed E-state index contributed by atoms with van der Waals surface area (Å²) in [6.07, 6.45) is 2.03. The van der Waals surface area contributed by atoms with Gasteiger partial charge in [0.1, 0.15) is 6.54 Å². The Morgan fingerprint density at radius 3 is 2.33 bits per heavy atom. The van der Waals surface area contributed by atoms with Crippen LogP contribution in [0.1, 0.15) is 16.8 Å². The first-order chi connectivity index (χ1) is 9.98. The quantitative estimate of drug-likeness (QED) is 0.359. The lowest BCUT2D eigenvalue weighted by molar-refractivity contribution is -0.915. The molecule has 0 aliphatic heterocycles. The summed E-state index contributed by atoms with van der Waals surface area (Å²) >= 11 is 0. The molecule has 4 N–H and O–H groups in total. The fourth-order valence-electron chi connectivity index (χ4n) is 2.30. The molecular formula is C16H24N4O+2. The second kappa shape index (κ2) is 6.78. The van der Waals surface area contributed by atoms with Crippen LogP contribution in [0.4, 0.5) is 0 Å². The van der Waals surface area contributed by atoms with Crippen LogP contribution in [0.25, 0.3) is 0 Å². The van der Waals surface area contributed by atoms with Gasteiger partial charge in [0.2, 0.25) is 5.69 Å². The average Bonchev–Trinajstić information content (AvgIpc) is 2.42. The van der Waals surface area contributed by atoms with E-state index in [9.17, 15) is 0 Å². The molecule has 0 fully saturated rings. The summed E-state index contributed by atoms with van der Waals surface area (Å²) in [5, 5.41) is 0. The first-order valence-corrected chi connectivity index (χ1v) is 6.96. The van der Waals surface area contributed by atoms with Gasteiger partial charge in [0.05, 0.1) is 14.1 Å². The molecule has 112 valence electrons. The first kappa shape index (κ1) is 15.6. The van der Waals surface area contributed by atoms with Crippen molar-refractivity contribution in [3.63, 3.8) is 0 Å². The Hall–Kier alpha value is -1.79. The van der Waals surface area contributed by atoms with Crippen LogP contribution in [0.2, 0.25) is 0 Å². The largest absolute Gasteiger partial charge is 0.293 e. The van der Waals surface area contributed by atoms with Gasteiger partial charge < -0.3 is 0 Å². The third-order valence-corrected chi connectivity index (χ3v) is 3.23. The Kier molecular flexibility index (Phi) is 5.03. The molecule has 0 unspecified atom stereocenters. The van der Waals surface area contributed by atoms with Crippen molar-refractivity contribution in [2.24, 2.45) is 11.7 Å². The molecule has 0 saturated heterocycles. The molecule has 0 spiro atoms. The van der Waals surface area contributed by atoms with Crippen LogP contribution in [0.3, 0.4) is 0 Å². The van der Waals surface area contributed by atoms with Gasteiger partial charge >= 0.3 is 0 Å². The smallest absolute Gasteiger partial charge is 0.209 e. The normalized spacial score (nSPS) is 11.6. The number of hydrogen-bond donors (Lipinski definition) is 2. The molecule has 2 rings (SSSR count). The van der Waals surface area contributed by atoms with Crippen molar-refractivity contribution >= 4 is 0 Å². The van der Waals surface area contributed by atoms with Crippen molar-refractivity contribution in [2.75, 3.05) is 14.1 Å². The number of nitrogens with two attached hydrogens (primary N) is 2. The number of quaternary nitrogens is 1. The van der Waals surface area contributed by atoms with E-state index in [2.05, 4.69) is 28.8 Å². The summed E-state index contributed by atoms with van der Waals surface area (Å²) in [7, 11) is 3.96. The molecule has 1 aromatic carbocycles. The fraction of sp³-hybridized carbons (Fsp3) is 0.312. The molecule has 5 heteroatoms. The predicted molar refractivity (Wildman–Crippen MR) is 81.2 cm³/mol. The molecule has 0 amide bonds. The highest BCUT2D eigenvalue weighted by molar-refractivity contribution is 5.21. The summed E-state index contributed by atoms with van der Waals surface area (Å²) in [4.78, 5) is 4.74. The average molecular weight is 288 g/mol. The Labute approximate surface area is 125 Å². The minimum absolute atomic E-state index is 0.401. The predicted octanol–water partition coefficient (Wildman–Crippen LogP) is 0.863. The number of nitrogens with zero attached hydrogens (tertiary/aromatic N) is 2. The van der Waals surface area contributed by atoms with Gasteiger partial charge in [-0.05, 0) is 0 Å². The summed E-state index contributed by atoms with van der Waals surface area (Å²) in [5.41, 5.74) is 3.51. The molecule has 0 saturated carbocycles. The highest BCUT2D eigenvalue weighted by Gasteiger charge is 2.12. The Bertz CT molecular complexity index is 576. The Balaban J connectivity index is 2.10. The second-order valence-electron chi connectivity index (χ2n) is 5.88. The second-order valence-corrected chi connectivity index (χ2v) is 5.88. The minimum atomic E-state index is 0.401. The highest BCUT2D eigenvalue weighted by atomic mass is 16.6. The third-order valence-electron chi connectivity index (χ3n) is 3.23. The summed E-state index contributed by atoms with van der Waals surface area (Å²) in [6, 6.07) is 14.5. The van der Waals surface area contributed by atoms with Gasteiger partial charge in [-0.15, -0.1) is 0 Å². The Morgan fingerprint density at radius 2 is 1.71 bits per heavy atom. The lowest BCUT2D eigenvalue weighted by atomic mass is 10.1. The lowest BCUT2D eigenvalue weighted by Crippen LogP contribution is -2.45. The molecule has 0 aliphatic rings. The molecule has 5 nitrogen and oxygen atoms in total. The zero-order valence-electron chi connectivity index (χ0n) is 12.7. The van der Waals surface area contributed by atoms with Gasteiger partial charge in [0, 0.05) is 23.3 Å². The van der Waals surface area contributed by atoms with E-state index in [-0.39, 0.29) is 0 Å². The zero-order valence-corrected chi connectivity index (χ0v) is 12.7. The van der Waals surface area contributed by atoms with Crippen LogP contribution in [0.5, 0.6) is 0 Å². The van der Waals surface area contributed by atoms with E-state index in [1.807, 2.05) is 38.5 Å². The van der Waals surface area contributed by atoms with E-state index in [0.717, 1.165) is 18.8 Å². The van der Waals surface area contributed by atoms with Gasteiger partial charge in [-0.25, -0.2) is 10.5 Å². The molecule has 2 aromatic rings. The minimum Gasteiger partial charge on any atom is -0.293 e. The molecule has 1 aromatic heterocycles. The van der Waals surface area contributed by atoms with Crippen molar-refractivity contribution in [3.8, 4) is 0 Å². The number of hydrogen-bond acceptors (Lipinski definition) is 3. The van der Waals surface area contributed by atoms with E-state index in [0.29, 0.717) is 11.2 Å². The van der Waals surface area contributed by atoms with E-state index >= 15 is 0 Å². The number of pyridine rings is 1. The maximum atomic E-state index is 5.99. The zero-order chi connectivity index (χ0) is 15.3. The van der Waals surface area contributed by atoms with Crippen LogP contribution in [0, 0.1) is 0 Å². The molecule has 21 heavy (non-hydrogen) atoms. The molecule has 0 atom stereocenters. The fourth-order valence-corrected chi connectivity index (χ4v) is 2.30. The highest BCUT2D eigenvalue weighted by Crippen LogP contribution is 2.08. The third kappa shape index (κ3) is 4.91. The van der Waals surface area contributed by atoms with Crippen molar-refractivity contribution < 1.29 is 14.0 Å². The van der Waals surface area contributed by atoms with Crippen LogP contribution < -0.4 is 16.3 Å². The SMILES string of the molecule is C[N+](C)(N)Cc1ccc(C[n+]2ccccc2CON)cc1. The monoisotopic (exact) mass is 288 g/mol. The van der Waals surface area contributed by atoms with Crippen molar-refractivity contribution in [2.45, 2.75) is 19.7 Å². The summed E-state index contributed by atoms with van der Waals surface area (Å²) in [5.74, 6) is 11.2. The maximum absolute atomic E-state index is 5.99. The molecule has 0 radical (unpaired) electrons. The molecule has 0 aliphatic carbocycles.